The van der Waals surface area contributed by atoms with E-state index in [0.29, 0.717) is 44.1 Å². The molecule has 0 saturated carbocycles. The van der Waals surface area contributed by atoms with Gasteiger partial charge in [0, 0.05) is 18.8 Å². The van der Waals surface area contributed by atoms with Gasteiger partial charge in [-0.3, -0.25) is 4.79 Å². The number of anilines is 3. The minimum Gasteiger partial charge on any atom is -0.323 e. The molecule has 0 radical (unpaired) electrons. The number of nitriles is 1. The van der Waals surface area contributed by atoms with Crippen LogP contribution >= 0.6 is 23.2 Å². The molecule has 0 fully saturated rings. The van der Waals surface area contributed by atoms with E-state index >= 15 is 0 Å². The summed E-state index contributed by atoms with van der Waals surface area (Å²) in [5.74, 6) is 0.561. The third kappa shape index (κ3) is 3.79. The van der Waals surface area contributed by atoms with Gasteiger partial charge in [0.05, 0.1) is 32.3 Å². The molecule has 1 amide bonds. The predicted octanol–water partition coefficient (Wildman–Crippen LogP) is 5.14. The molecule has 4 rings (SSSR count). The zero-order valence-corrected chi connectivity index (χ0v) is 17.2. The van der Waals surface area contributed by atoms with Gasteiger partial charge in [0.1, 0.15) is 11.9 Å². The molecule has 30 heavy (non-hydrogen) atoms. The quantitative estimate of drug-likeness (QED) is 0.461. The van der Waals surface area contributed by atoms with Gasteiger partial charge < -0.3 is 15.2 Å². The zero-order chi connectivity index (χ0) is 21.3. The van der Waals surface area contributed by atoms with E-state index in [0.717, 1.165) is 5.52 Å². The second kappa shape index (κ2) is 8.03. The molecule has 0 saturated heterocycles. The van der Waals surface area contributed by atoms with Crippen LogP contribution in [0.4, 0.5) is 17.5 Å². The highest BCUT2D eigenvalue weighted by molar-refractivity contribution is 6.39. The number of carbonyl (C=O) groups is 1. The maximum absolute atomic E-state index is 12.6. The monoisotopic (exact) mass is 436 g/mol. The fraction of sp³-hybridized carbons (Fsp3) is 0.0476. The number of rotatable bonds is 4. The van der Waals surface area contributed by atoms with Crippen molar-refractivity contribution in [1.29, 1.82) is 5.26 Å². The lowest BCUT2D eigenvalue weighted by Gasteiger charge is -2.09. The molecular weight excluding hydrogens is 423 g/mol. The first kappa shape index (κ1) is 19.7. The van der Waals surface area contributed by atoms with Crippen molar-refractivity contribution in [2.45, 2.75) is 0 Å². The number of hydrogen-bond acceptors (Lipinski definition) is 5. The lowest BCUT2D eigenvalue weighted by atomic mass is 10.2. The summed E-state index contributed by atoms with van der Waals surface area (Å²) in [4.78, 5) is 21.2. The Labute approximate surface area is 181 Å². The summed E-state index contributed by atoms with van der Waals surface area (Å²) in [6.07, 6.45) is 1.40. The Hall–Kier alpha value is -3.60. The van der Waals surface area contributed by atoms with Crippen LogP contribution in [0.25, 0.3) is 11.0 Å². The highest BCUT2D eigenvalue weighted by atomic mass is 35.5. The number of para-hydroxylation sites is 1. The first-order chi connectivity index (χ1) is 14.5. The number of pyridine rings is 1. The van der Waals surface area contributed by atoms with Gasteiger partial charge in [0.15, 0.2) is 0 Å². The number of carbonyl (C=O) groups excluding carboxylic acids is 1. The molecule has 0 aliphatic heterocycles. The summed E-state index contributed by atoms with van der Waals surface area (Å²) >= 11 is 12.5. The molecule has 4 aromatic rings. The SMILES string of the molecule is Cn1c(Nc2c(Cl)cccc2Cl)nc2cc(C(=O)Nc3ccc(C#N)cn3)ccc21. The highest BCUT2D eigenvalue weighted by Gasteiger charge is 2.14. The van der Waals surface area contributed by atoms with Crippen molar-refractivity contribution in [1.82, 2.24) is 14.5 Å². The molecular formula is C21H14Cl2N6O. The van der Waals surface area contributed by atoms with Crippen molar-refractivity contribution < 1.29 is 4.79 Å². The summed E-state index contributed by atoms with van der Waals surface area (Å²) in [5.41, 5.74) is 2.86. The zero-order valence-electron chi connectivity index (χ0n) is 15.6. The minimum absolute atomic E-state index is 0.330. The van der Waals surface area contributed by atoms with E-state index < -0.39 is 0 Å². The number of fused-ring (bicyclic) bond motifs is 1. The number of aryl methyl sites for hydroxylation is 1. The number of hydrogen-bond donors (Lipinski definition) is 2. The van der Waals surface area contributed by atoms with E-state index in [1.165, 1.54) is 6.20 Å². The molecule has 0 spiro atoms. The van der Waals surface area contributed by atoms with E-state index in [9.17, 15) is 4.79 Å². The van der Waals surface area contributed by atoms with E-state index in [-0.39, 0.29) is 5.91 Å². The number of benzene rings is 2. The number of imidazole rings is 1. The largest absolute Gasteiger partial charge is 0.323 e. The molecule has 0 aliphatic carbocycles. The Morgan fingerprint density at radius 2 is 1.90 bits per heavy atom. The normalized spacial score (nSPS) is 10.6. The van der Waals surface area contributed by atoms with Crippen molar-refractivity contribution >= 4 is 57.6 Å². The average molecular weight is 437 g/mol. The first-order valence-corrected chi connectivity index (χ1v) is 9.57. The molecule has 0 aliphatic rings. The smallest absolute Gasteiger partial charge is 0.256 e. The average Bonchev–Trinajstić information content (AvgIpc) is 3.06. The van der Waals surface area contributed by atoms with Crippen LogP contribution in [0.15, 0.2) is 54.7 Å². The lowest BCUT2D eigenvalue weighted by Crippen LogP contribution is -2.12. The third-order valence-corrected chi connectivity index (χ3v) is 5.11. The Morgan fingerprint density at radius 3 is 2.57 bits per heavy atom. The van der Waals surface area contributed by atoms with Crippen molar-refractivity contribution in [3.05, 3.63) is 75.9 Å². The van der Waals surface area contributed by atoms with Crippen LogP contribution in [0.1, 0.15) is 15.9 Å². The van der Waals surface area contributed by atoms with Gasteiger partial charge in [0.2, 0.25) is 5.95 Å². The van der Waals surface area contributed by atoms with Crippen LogP contribution in [-0.4, -0.2) is 20.4 Å². The molecule has 7 nitrogen and oxygen atoms in total. The molecule has 148 valence electrons. The molecule has 0 unspecified atom stereocenters. The first-order valence-electron chi connectivity index (χ1n) is 8.81. The maximum atomic E-state index is 12.6. The number of aromatic nitrogens is 3. The van der Waals surface area contributed by atoms with Crippen LogP contribution in [0, 0.1) is 11.3 Å². The molecule has 2 heterocycles. The molecule has 2 aromatic heterocycles. The number of amides is 1. The van der Waals surface area contributed by atoms with Crippen molar-refractivity contribution in [3.63, 3.8) is 0 Å². The van der Waals surface area contributed by atoms with Gasteiger partial charge in [-0.05, 0) is 42.5 Å². The van der Waals surface area contributed by atoms with E-state index in [4.69, 9.17) is 28.5 Å². The van der Waals surface area contributed by atoms with Crippen LogP contribution in [0.5, 0.6) is 0 Å². The Balaban J connectivity index is 1.61. The van der Waals surface area contributed by atoms with Gasteiger partial charge in [0.25, 0.3) is 5.91 Å². The molecule has 0 atom stereocenters. The van der Waals surface area contributed by atoms with Gasteiger partial charge in [-0.15, -0.1) is 0 Å². The van der Waals surface area contributed by atoms with Gasteiger partial charge in [-0.1, -0.05) is 29.3 Å². The number of nitrogens with one attached hydrogen (secondary N) is 2. The molecule has 2 N–H and O–H groups in total. The standard InChI is InChI=1S/C21H14Cl2N6O/c1-29-17-7-6-13(20(30)27-18-8-5-12(10-24)11-25-18)9-16(17)26-21(29)28-19-14(22)3-2-4-15(19)23/h2-9,11H,1H3,(H,26,28)(H,25,27,30). The topological polar surface area (TPSA) is 95.6 Å². The summed E-state index contributed by atoms with van der Waals surface area (Å²) in [7, 11) is 1.85. The van der Waals surface area contributed by atoms with E-state index in [2.05, 4.69) is 20.6 Å². The van der Waals surface area contributed by atoms with Crippen molar-refractivity contribution in [2.75, 3.05) is 10.6 Å². The Bertz CT molecular complexity index is 1290. The molecule has 9 heteroatoms. The van der Waals surface area contributed by atoms with Crippen LogP contribution in [-0.2, 0) is 7.05 Å². The summed E-state index contributed by atoms with van der Waals surface area (Å²) < 4.78 is 1.85. The Morgan fingerprint density at radius 1 is 1.13 bits per heavy atom. The van der Waals surface area contributed by atoms with E-state index in [1.54, 1.807) is 42.5 Å². The summed E-state index contributed by atoms with van der Waals surface area (Å²) in [5, 5.41) is 15.6. The maximum Gasteiger partial charge on any atom is 0.256 e. The van der Waals surface area contributed by atoms with Crippen LogP contribution < -0.4 is 10.6 Å². The van der Waals surface area contributed by atoms with Crippen molar-refractivity contribution in [3.8, 4) is 6.07 Å². The summed E-state index contributed by atoms with van der Waals surface area (Å²) in [6.45, 7) is 0. The Kier molecular flexibility index (Phi) is 5.27. The number of nitrogens with zero attached hydrogens (tertiary/aromatic N) is 4. The predicted molar refractivity (Wildman–Crippen MR) is 117 cm³/mol. The molecule has 0 bridgehead atoms. The van der Waals surface area contributed by atoms with Gasteiger partial charge >= 0.3 is 0 Å². The second-order valence-electron chi connectivity index (χ2n) is 6.42. The van der Waals surface area contributed by atoms with Crippen LogP contribution in [0.3, 0.4) is 0 Å². The summed E-state index contributed by atoms with van der Waals surface area (Å²) in [6, 6.07) is 15.6. The fourth-order valence-electron chi connectivity index (χ4n) is 2.90. The highest BCUT2D eigenvalue weighted by Crippen LogP contribution is 2.33. The van der Waals surface area contributed by atoms with E-state index in [1.807, 2.05) is 23.8 Å². The number of halogens is 2. The van der Waals surface area contributed by atoms with Gasteiger partial charge in [-0.25, -0.2) is 9.97 Å². The van der Waals surface area contributed by atoms with Crippen LogP contribution in [0.2, 0.25) is 10.0 Å². The lowest BCUT2D eigenvalue weighted by molar-refractivity contribution is 0.102. The van der Waals surface area contributed by atoms with Gasteiger partial charge in [-0.2, -0.15) is 5.26 Å². The third-order valence-electron chi connectivity index (χ3n) is 4.48. The van der Waals surface area contributed by atoms with Crippen molar-refractivity contribution in [2.24, 2.45) is 7.05 Å². The minimum atomic E-state index is -0.330. The fourth-order valence-corrected chi connectivity index (χ4v) is 3.40. The second-order valence-corrected chi connectivity index (χ2v) is 7.23. The molecule has 2 aromatic carbocycles.